The Labute approximate surface area is 121 Å². The van der Waals surface area contributed by atoms with Crippen LogP contribution in [0, 0.1) is 5.41 Å². The van der Waals surface area contributed by atoms with Crippen LogP contribution < -0.4 is 10.5 Å². The van der Waals surface area contributed by atoms with E-state index in [1.807, 2.05) is 24.3 Å². The highest BCUT2D eigenvalue weighted by atomic mass is 16.5. The van der Waals surface area contributed by atoms with Crippen molar-refractivity contribution < 1.29 is 14.3 Å². The lowest BCUT2D eigenvalue weighted by atomic mass is 9.93. The molecule has 0 radical (unpaired) electrons. The molecule has 0 saturated carbocycles. The van der Waals surface area contributed by atoms with Crippen LogP contribution in [-0.4, -0.2) is 25.7 Å². The normalized spacial score (nSPS) is 12.8. The number of methoxy groups -OCH3 is 1. The zero-order valence-corrected chi connectivity index (χ0v) is 12.8. The van der Waals surface area contributed by atoms with Gasteiger partial charge in [0, 0.05) is 0 Å². The van der Waals surface area contributed by atoms with Gasteiger partial charge in [-0.3, -0.25) is 4.79 Å². The molecule has 0 saturated heterocycles. The smallest absolute Gasteiger partial charge is 0.322 e. The number of hydrogen-bond acceptors (Lipinski definition) is 4. The Morgan fingerprint density at radius 1 is 1.25 bits per heavy atom. The molecule has 1 rings (SSSR count). The summed E-state index contributed by atoms with van der Waals surface area (Å²) < 4.78 is 10.3. The van der Waals surface area contributed by atoms with Gasteiger partial charge < -0.3 is 15.2 Å². The van der Waals surface area contributed by atoms with Crippen molar-refractivity contribution in [1.82, 2.24) is 0 Å². The van der Waals surface area contributed by atoms with Gasteiger partial charge in [-0.2, -0.15) is 0 Å². The second kappa shape index (κ2) is 7.29. The molecule has 1 unspecified atom stereocenters. The van der Waals surface area contributed by atoms with Crippen LogP contribution in [0.2, 0.25) is 0 Å². The van der Waals surface area contributed by atoms with Crippen molar-refractivity contribution in [2.75, 3.05) is 13.7 Å². The fourth-order valence-electron chi connectivity index (χ4n) is 1.69. The van der Waals surface area contributed by atoms with Crippen LogP contribution in [0.15, 0.2) is 24.3 Å². The Kier molecular flexibility index (Phi) is 6.02. The molecule has 0 heterocycles. The van der Waals surface area contributed by atoms with Crippen LogP contribution in [-0.2, 0) is 16.0 Å². The number of carbonyl (C=O) groups excluding carboxylic acids is 1. The minimum atomic E-state index is -0.618. The topological polar surface area (TPSA) is 61.5 Å². The minimum absolute atomic E-state index is 0.271. The molecule has 112 valence electrons. The van der Waals surface area contributed by atoms with Gasteiger partial charge in [-0.25, -0.2) is 0 Å². The van der Waals surface area contributed by atoms with Crippen LogP contribution in [0.4, 0.5) is 0 Å². The van der Waals surface area contributed by atoms with Crippen molar-refractivity contribution in [3.05, 3.63) is 29.8 Å². The summed E-state index contributed by atoms with van der Waals surface area (Å²) in [7, 11) is 1.34. The fraction of sp³-hybridized carbons (Fsp3) is 0.562. The first-order valence-corrected chi connectivity index (χ1v) is 6.87. The number of ether oxygens (including phenoxy) is 2. The highest BCUT2D eigenvalue weighted by Crippen LogP contribution is 2.20. The van der Waals surface area contributed by atoms with E-state index in [4.69, 9.17) is 10.5 Å². The van der Waals surface area contributed by atoms with Crippen molar-refractivity contribution in [2.24, 2.45) is 11.1 Å². The van der Waals surface area contributed by atoms with Gasteiger partial charge in [0.25, 0.3) is 0 Å². The van der Waals surface area contributed by atoms with E-state index in [0.717, 1.165) is 17.7 Å². The number of benzene rings is 1. The summed E-state index contributed by atoms with van der Waals surface area (Å²) in [5.41, 5.74) is 6.98. The lowest BCUT2D eigenvalue weighted by molar-refractivity contribution is -0.142. The monoisotopic (exact) mass is 279 g/mol. The molecular formula is C16H25NO3. The molecule has 20 heavy (non-hydrogen) atoms. The second-order valence-electron chi connectivity index (χ2n) is 6.14. The predicted octanol–water partition coefficient (Wildman–Crippen LogP) is 2.54. The Bertz CT molecular complexity index is 420. The van der Waals surface area contributed by atoms with Crippen molar-refractivity contribution in [1.29, 1.82) is 0 Å². The van der Waals surface area contributed by atoms with Crippen molar-refractivity contribution >= 4 is 5.97 Å². The third-order valence-electron chi connectivity index (χ3n) is 3.00. The second-order valence-corrected chi connectivity index (χ2v) is 6.14. The molecule has 0 aliphatic carbocycles. The molecule has 4 heteroatoms. The maximum atomic E-state index is 11.2. The zero-order chi connectivity index (χ0) is 15.2. The van der Waals surface area contributed by atoms with E-state index < -0.39 is 12.0 Å². The van der Waals surface area contributed by atoms with E-state index in [1.54, 1.807) is 0 Å². The van der Waals surface area contributed by atoms with Crippen LogP contribution in [0.1, 0.15) is 32.8 Å². The number of rotatable bonds is 6. The van der Waals surface area contributed by atoms with Crippen LogP contribution in [0.25, 0.3) is 0 Å². The lowest BCUT2D eigenvalue weighted by Gasteiger charge is -2.18. The standard InChI is InChI=1S/C16H25NO3/c1-16(2,3)9-10-20-13-7-5-12(6-8-13)11-14(17)15(18)19-4/h5-8,14H,9-11,17H2,1-4H3. The highest BCUT2D eigenvalue weighted by molar-refractivity contribution is 5.75. The molecular weight excluding hydrogens is 254 g/mol. The van der Waals surface area contributed by atoms with Gasteiger partial charge in [-0.1, -0.05) is 32.9 Å². The summed E-state index contributed by atoms with van der Waals surface area (Å²) in [6.45, 7) is 7.26. The summed E-state index contributed by atoms with van der Waals surface area (Å²) in [5.74, 6) is 0.445. The zero-order valence-electron chi connectivity index (χ0n) is 12.8. The SMILES string of the molecule is COC(=O)C(N)Cc1ccc(OCCC(C)(C)C)cc1. The fourth-order valence-corrected chi connectivity index (χ4v) is 1.69. The molecule has 0 aromatic heterocycles. The third kappa shape index (κ3) is 6.06. The molecule has 0 aliphatic rings. The summed E-state index contributed by atoms with van der Waals surface area (Å²) >= 11 is 0. The van der Waals surface area contributed by atoms with Gasteiger partial charge in [-0.05, 0) is 36.0 Å². The molecule has 1 atom stereocenters. The van der Waals surface area contributed by atoms with Gasteiger partial charge in [0.2, 0.25) is 0 Å². The lowest BCUT2D eigenvalue weighted by Crippen LogP contribution is -2.33. The molecule has 0 amide bonds. The third-order valence-corrected chi connectivity index (χ3v) is 3.00. The van der Waals surface area contributed by atoms with Crippen molar-refractivity contribution in [3.63, 3.8) is 0 Å². The first-order valence-electron chi connectivity index (χ1n) is 6.87. The predicted molar refractivity (Wildman–Crippen MR) is 79.7 cm³/mol. The largest absolute Gasteiger partial charge is 0.494 e. The molecule has 0 fully saturated rings. The summed E-state index contributed by atoms with van der Waals surface area (Å²) in [5, 5.41) is 0. The average Bonchev–Trinajstić information content (AvgIpc) is 2.38. The number of esters is 1. The number of carbonyl (C=O) groups is 1. The van der Waals surface area contributed by atoms with Crippen molar-refractivity contribution in [2.45, 2.75) is 39.7 Å². The van der Waals surface area contributed by atoms with Gasteiger partial charge in [-0.15, -0.1) is 0 Å². The van der Waals surface area contributed by atoms with Crippen LogP contribution in [0.3, 0.4) is 0 Å². The van der Waals surface area contributed by atoms with E-state index in [0.29, 0.717) is 13.0 Å². The van der Waals surface area contributed by atoms with E-state index >= 15 is 0 Å². The van der Waals surface area contributed by atoms with Crippen LogP contribution >= 0.6 is 0 Å². The summed E-state index contributed by atoms with van der Waals surface area (Å²) in [6.07, 6.45) is 1.47. The molecule has 1 aromatic carbocycles. The molecule has 1 aromatic rings. The first kappa shape index (κ1) is 16.5. The maximum Gasteiger partial charge on any atom is 0.322 e. The molecule has 0 bridgehead atoms. The quantitative estimate of drug-likeness (QED) is 0.813. The Hall–Kier alpha value is -1.55. The number of hydrogen-bond donors (Lipinski definition) is 1. The van der Waals surface area contributed by atoms with E-state index in [9.17, 15) is 4.79 Å². The first-order chi connectivity index (χ1) is 9.31. The highest BCUT2D eigenvalue weighted by Gasteiger charge is 2.14. The van der Waals surface area contributed by atoms with Gasteiger partial charge in [0.1, 0.15) is 11.8 Å². The average molecular weight is 279 g/mol. The molecule has 0 spiro atoms. The number of nitrogens with two attached hydrogens (primary N) is 1. The molecule has 4 nitrogen and oxygen atoms in total. The van der Waals surface area contributed by atoms with E-state index in [2.05, 4.69) is 25.5 Å². The Morgan fingerprint density at radius 3 is 2.35 bits per heavy atom. The Balaban J connectivity index is 2.46. The summed E-state index contributed by atoms with van der Waals surface area (Å²) in [4.78, 5) is 11.2. The molecule has 0 aliphatic heterocycles. The van der Waals surface area contributed by atoms with Crippen LogP contribution in [0.5, 0.6) is 5.75 Å². The van der Waals surface area contributed by atoms with E-state index in [-0.39, 0.29) is 5.41 Å². The van der Waals surface area contributed by atoms with E-state index in [1.165, 1.54) is 7.11 Å². The summed E-state index contributed by atoms with van der Waals surface area (Å²) in [6, 6.07) is 7.04. The van der Waals surface area contributed by atoms with Gasteiger partial charge in [0.05, 0.1) is 13.7 Å². The maximum absolute atomic E-state index is 11.2. The van der Waals surface area contributed by atoms with Crippen molar-refractivity contribution in [3.8, 4) is 5.75 Å². The Morgan fingerprint density at radius 2 is 1.85 bits per heavy atom. The minimum Gasteiger partial charge on any atom is -0.494 e. The van der Waals surface area contributed by atoms with Gasteiger partial charge >= 0.3 is 5.97 Å². The molecule has 2 N–H and O–H groups in total. The van der Waals surface area contributed by atoms with Gasteiger partial charge in [0.15, 0.2) is 0 Å².